The zero-order chi connectivity index (χ0) is 53.1. The number of carbonyl (C=O) groups is 2. The van der Waals surface area contributed by atoms with Gasteiger partial charge in [-0.25, -0.2) is 4.57 Å². The predicted octanol–water partition coefficient (Wildman–Crippen LogP) is 19.7. The van der Waals surface area contributed by atoms with Crippen molar-refractivity contribution in [3.63, 3.8) is 0 Å². The topological polar surface area (TPSA) is 134 Å². The van der Waals surface area contributed by atoms with Gasteiger partial charge in [0.15, 0.2) is 6.10 Å². The minimum atomic E-state index is -4.39. The quantitative estimate of drug-likeness (QED) is 0.0264. The summed E-state index contributed by atoms with van der Waals surface area (Å²) < 4.78 is 33.1. The van der Waals surface area contributed by atoms with E-state index >= 15 is 0 Å². The molecule has 10 heteroatoms. The normalized spacial score (nSPS) is 13.3. The van der Waals surface area contributed by atoms with Crippen LogP contribution < -0.4 is 5.73 Å². The number of allylic oxidation sites excluding steroid dienone is 8. The largest absolute Gasteiger partial charge is 0.472 e. The summed E-state index contributed by atoms with van der Waals surface area (Å²) in [5, 5.41) is 0. The lowest BCUT2D eigenvalue weighted by Gasteiger charge is -2.19. The van der Waals surface area contributed by atoms with Gasteiger partial charge >= 0.3 is 19.8 Å². The summed E-state index contributed by atoms with van der Waals surface area (Å²) >= 11 is 0. The van der Waals surface area contributed by atoms with Crippen molar-refractivity contribution in [2.45, 2.75) is 315 Å². The average molecular weight is 1050 g/mol. The second-order valence-corrected chi connectivity index (χ2v) is 22.4. The molecule has 428 valence electrons. The van der Waals surface area contributed by atoms with Crippen LogP contribution in [-0.4, -0.2) is 49.3 Å². The van der Waals surface area contributed by atoms with Crippen LogP contribution in [0.2, 0.25) is 0 Å². The number of ether oxygens (including phenoxy) is 2. The predicted molar refractivity (Wildman–Crippen MR) is 312 cm³/mol. The van der Waals surface area contributed by atoms with E-state index in [9.17, 15) is 19.0 Å². The number of hydrogen-bond acceptors (Lipinski definition) is 8. The van der Waals surface area contributed by atoms with E-state index < -0.39 is 26.5 Å². The number of hydrogen-bond donors (Lipinski definition) is 2. The lowest BCUT2D eigenvalue weighted by molar-refractivity contribution is -0.161. The summed E-state index contributed by atoms with van der Waals surface area (Å²) in [6.45, 7) is 3.76. The molecule has 0 fully saturated rings. The molecular formula is C63H118NO8P. The van der Waals surface area contributed by atoms with Crippen molar-refractivity contribution in [2.75, 3.05) is 26.4 Å². The molecule has 2 unspecified atom stereocenters. The molecule has 0 bridgehead atoms. The Morgan fingerprint density at radius 1 is 0.411 bits per heavy atom. The number of rotatable bonds is 59. The molecule has 9 nitrogen and oxygen atoms in total. The molecule has 0 aromatic heterocycles. The molecule has 0 aliphatic carbocycles. The van der Waals surface area contributed by atoms with Crippen molar-refractivity contribution < 1.29 is 37.6 Å². The first kappa shape index (κ1) is 71.0. The van der Waals surface area contributed by atoms with Crippen molar-refractivity contribution in [3.8, 4) is 0 Å². The SMILES string of the molecule is CCCCCCC/C=C\C/C=C\CCCCCCCCCCCCCCCCCCCCCC(=O)OC(COC(=O)CCCCCCCCCCC/C=C\C/C=C\CCCCCCC)COP(=O)(O)OCCN. The Bertz CT molecular complexity index is 1330. The van der Waals surface area contributed by atoms with E-state index in [0.717, 1.165) is 44.9 Å². The summed E-state index contributed by atoms with van der Waals surface area (Å²) in [5.41, 5.74) is 5.39. The maximum absolute atomic E-state index is 12.7. The summed E-state index contributed by atoms with van der Waals surface area (Å²) in [5.74, 6) is -0.819. The Labute approximate surface area is 451 Å². The van der Waals surface area contributed by atoms with Crippen molar-refractivity contribution in [1.29, 1.82) is 0 Å². The van der Waals surface area contributed by atoms with Crippen LogP contribution in [0.3, 0.4) is 0 Å². The molecule has 0 aliphatic heterocycles. The molecule has 2 atom stereocenters. The van der Waals surface area contributed by atoms with Gasteiger partial charge in [0.2, 0.25) is 0 Å². The maximum atomic E-state index is 12.7. The van der Waals surface area contributed by atoms with E-state index in [-0.39, 0.29) is 38.6 Å². The van der Waals surface area contributed by atoms with E-state index in [4.69, 9.17) is 24.3 Å². The van der Waals surface area contributed by atoms with Gasteiger partial charge in [-0.3, -0.25) is 18.6 Å². The Morgan fingerprint density at radius 3 is 1.04 bits per heavy atom. The van der Waals surface area contributed by atoms with Gasteiger partial charge in [-0.05, 0) is 77.0 Å². The summed E-state index contributed by atoms with van der Waals surface area (Å²) in [6.07, 6.45) is 73.2. The third-order valence-corrected chi connectivity index (χ3v) is 14.7. The van der Waals surface area contributed by atoms with Gasteiger partial charge < -0.3 is 20.1 Å². The van der Waals surface area contributed by atoms with Crippen LogP contribution in [0.4, 0.5) is 0 Å². The number of carbonyl (C=O) groups excluding carboxylic acids is 2. The number of nitrogens with two attached hydrogens (primary N) is 1. The monoisotopic (exact) mass is 1050 g/mol. The average Bonchev–Trinajstić information content (AvgIpc) is 3.38. The molecule has 0 radical (unpaired) electrons. The Hall–Kier alpha value is -2.03. The third kappa shape index (κ3) is 59.1. The third-order valence-electron chi connectivity index (χ3n) is 13.7. The van der Waals surface area contributed by atoms with Crippen LogP contribution in [0.15, 0.2) is 48.6 Å². The number of phosphoric ester groups is 1. The molecule has 0 saturated heterocycles. The molecule has 0 aliphatic rings. The fraction of sp³-hybridized carbons (Fsp3) is 0.841. The fourth-order valence-electron chi connectivity index (χ4n) is 9.05. The molecule has 0 aromatic rings. The molecule has 0 aromatic carbocycles. The van der Waals surface area contributed by atoms with Crippen molar-refractivity contribution in [3.05, 3.63) is 48.6 Å². The standard InChI is InChI=1S/C63H118NO8P/c1-3-5-7-9-11-13-15-17-19-21-23-25-26-27-28-29-30-31-32-33-34-36-38-40-42-44-46-48-50-52-54-56-63(66)72-61(60-71-73(67,68)70-58-57-64)59-69-62(65)55-53-51-49-47-45-43-41-39-37-35-24-22-20-18-16-14-12-10-8-6-4-2/h15-18,21-24,61H,3-14,19-20,25-60,64H2,1-2H3,(H,67,68)/b17-15-,18-16-,23-21-,24-22-. The van der Waals surface area contributed by atoms with Gasteiger partial charge in [0, 0.05) is 19.4 Å². The Morgan fingerprint density at radius 2 is 0.712 bits per heavy atom. The molecule has 0 amide bonds. The zero-order valence-corrected chi connectivity index (χ0v) is 48.8. The molecule has 73 heavy (non-hydrogen) atoms. The van der Waals surface area contributed by atoms with E-state index in [1.807, 2.05) is 0 Å². The van der Waals surface area contributed by atoms with Crippen LogP contribution in [0.5, 0.6) is 0 Å². The van der Waals surface area contributed by atoms with Gasteiger partial charge in [0.05, 0.1) is 13.2 Å². The van der Waals surface area contributed by atoms with E-state index in [1.54, 1.807) is 0 Å². The van der Waals surface area contributed by atoms with Gasteiger partial charge in [0.1, 0.15) is 6.61 Å². The second-order valence-electron chi connectivity index (χ2n) is 20.9. The lowest BCUT2D eigenvalue weighted by atomic mass is 10.0. The van der Waals surface area contributed by atoms with E-state index in [1.165, 1.54) is 231 Å². The molecule has 3 N–H and O–H groups in total. The van der Waals surface area contributed by atoms with Gasteiger partial charge in [-0.15, -0.1) is 0 Å². The lowest BCUT2D eigenvalue weighted by Crippen LogP contribution is -2.29. The van der Waals surface area contributed by atoms with Crippen LogP contribution in [0.25, 0.3) is 0 Å². The first-order valence-electron chi connectivity index (χ1n) is 31.1. The highest BCUT2D eigenvalue weighted by Gasteiger charge is 2.26. The zero-order valence-electron chi connectivity index (χ0n) is 47.9. The van der Waals surface area contributed by atoms with Crippen LogP contribution >= 0.6 is 7.82 Å². The first-order valence-corrected chi connectivity index (χ1v) is 32.6. The van der Waals surface area contributed by atoms with Crippen molar-refractivity contribution in [2.24, 2.45) is 5.73 Å². The van der Waals surface area contributed by atoms with E-state index in [2.05, 4.69) is 62.5 Å². The number of esters is 2. The van der Waals surface area contributed by atoms with Crippen molar-refractivity contribution >= 4 is 19.8 Å². The molecule has 0 spiro atoms. The van der Waals surface area contributed by atoms with Gasteiger partial charge in [-0.1, -0.05) is 268 Å². The van der Waals surface area contributed by atoms with E-state index in [0.29, 0.717) is 6.42 Å². The maximum Gasteiger partial charge on any atom is 0.472 e. The van der Waals surface area contributed by atoms with Crippen LogP contribution in [-0.2, 0) is 32.7 Å². The highest BCUT2D eigenvalue weighted by atomic mass is 31.2. The molecular weight excluding hydrogens is 930 g/mol. The van der Waals surface area contributed by atoms with Gasteiger partial charge in [-0.2, -0.15) is 0 Å². The smallest absolute Gasteiger partial charge is 0.462 e. The first-order chi connectivity index (χ1) is 35.8. The Balaban J connectivity index is 3.89. The summed E-state index contributed by atoms with van der Waals surface area (Å²) in [4.78, 5) is 35.2. The minimum absolute atomic E-state index is 0.0534. The molecule has 0 saturated carbocycles. The second kappa shape index (κ2) is 59.2. The summed E-state index contributed by atoms with van der Waals surface area (Å²) in [6, 6.07) is 0. The minimum Gasteiger partial charge on any atom is -0.462 e. The van der Waals surface area contributed by atoms with Crippen molar-refractivity contribution in [1.82, 2.24) is 0 Å². The number of phosphoric acid groups is 1. The fourth-order valence-corrected chi connectivity index (χ4v) is 9.82. The molecule has 0 rings (SSSR count). The number of unbranched alkanes of at least 4 members (excludes halogenated alkanes) is 38. The van der Waals surface area contributed by atoms with Gasteiger partial charge in [0.25, 0.3) is 0 Å². The highest BCUT2D eigenvalue weighted by Crippen LogP contribution is 2.43. The highest BCUT2D eigenvalue weighted by molar-refractivity contribution is 7.47. The summed E-state index contributed by atoms with van der Waals surface area (Å²) in [7, 11) is -4.39. The molecule has 0 heterocycles. The van der Waals surface area contributed by atoms with Crippen LogP contribution in [0.1, 0.15) is 309 Å². The van der Waals surface area contributed by atoms with Crippen LogP contribution in [0, 0.1) is 0 Å². The Kier molecular flexibility index (Phi) is 57.6.